The van der Waals surface area contributed by atoms with E-state index in [9.17, 15) is 0 Å². The van der Waals surface area contributed by atoms with Crippen molar-refractivity contribution in [3.05, 3.63) is 35.9 Å². The monoisotopic (exact) mass is 241 g/mol. The molecule has 1 fully saturated rings. The number of hydrogen-bond donors (Lipinski definition) is 3. The minimum Gasteiger partial charge on any atom is -0.314 e. The van der Waals surface area contributed by atoms with E-state index >= 15 is 0 Å². The summed E-state index contributed by atoms with van der Waals surface area (Å²) in [6.07, 6.45) is -0.0368. The van der Waals surface area contributed by atoms with E-state index in [0.29, 0.717) is 0 Å². The first-order valence-electron chi connectivity index (χ1n) is 4.24. The summed E-state index contributed by atoms with van der Waals surface area (Å²) >= 11 is 3.56. The molecule has 0 aliphatic carbocycles. The van der Waals surface area contributed by atoms with Crippen molar-refractivity contribution in [1.29, 1.82) is 0 Å². The van der Waals surface area contributed by atoms with E-state index in [1.165, 1.54) is 5.56 Å². The number of nitrogens with one attached hydrogen (secondary N) is 2. The molecule has 4 heteroatoms. The van der Waals surface area contributed by atoms with Gasteiger partial charge in [-0.05, 0) is 5.56 Å². The average Bonchev–Trinajstić information content (AvgIpc) is 2.49. The van der Waals surface area contributed by atoms with Crippen LogP contribution in [0.25, 0.3) is 0 Å². The van der Waals surface area contributed by atoms with Crippen molar-refractivity contribution >= 4 is 15.9 Å². The number of hydrogen-bond acceptors (Lipinski definition) is 3. The fourth-order valence-electron chi connectivity index (χ4n) is 1.48. The van der Waals surface area contributed by atoms with Crippen LogP contribution in [-0.2, 0) is 0 Å². The smallest absolute Gasteiger partial charge is 0.0825 e. The third-order valence-electron chi connectivity index (χ3n) is 2.23. The van der Waals surface area contributed by atoms with Gasteiger partial charge in [-0.25, -0.2) is 10.9 Å². The first kappa shape index (κ1) is 9.15. The molecule has 0 bridgehead atoms. The van der Waals surface area contributed by atoms with Crippen molar-refractivity contribution in [2.24, 2.45) is 5.73 Å². The second-order valence-electron chi connectivity index (χ2n) is 3.15. The minimum atomic E-state index is -0.0368. The van der Waals surface area contributed by atoms with E-state index in [1.807, 2.05) is 18.2 Å². The Balaban J connectivity index is 2.19. The zero-order valence-corrected chi connectivity index (χ0v) is 8.66. The molecule has 4 N–H and O–H groups in total. The molecule has 1 aliphatic rings. The lowest BCUT2D eigenvalue weighted by atomic mass is 10.1. The maximum atomic E-state index is 5.79. The standard InChI is InChI=1S/C9H12BrN3/c10-7-8(12-13-9(7)11)6-4-2-1-3-5-6/h1-5,7-9,12-13H,11H2. The van der Waals surface area contributed by atoms with Gasteiger partial charge in [0.1, 0.15) is 0 Å². The van der Waals surface area contributed by atoms with Gasteiger partial charge in [-0.2, -0.15) is 0 Å². The van der Waals surface area contributed by atoms with E-state index < -0.39 is 0 Å². The predicted octanol–water partition coefficient (Wildman–Crippen LogP) is 0.884. The van der Waals surface area contributed by atoms with Crippen molar-refractivity contribution < 1.29 is 0 Å². The molecule has 3 nitrogen and oxygen atoms in total. The number of halogens is 1. The zero-order valence-electron chi connectivity index (χ0n) is 7.07. The Bertz CT molecular complexity index is 277. The number of alkyl halides is 1. The highest BCUT2D eigenvalue weighted by Crippen LogP contribution is 2.26. The Morgan fingerprint density at radius 2 is 1.85 bits per heavy atom. The number of rotatable bonds is 1. The van der Waals surface area contributed by atoms with Crippen LogP contribution in [0, 0.1) is 0 Å². The summed E-state index contributed by atoms with van der Waals surface area (Å²) in [4.78, 5) is 0.231. The van der Waals surface area contributed by atoms with Gasteiger partial charge in [-0.15, -0.1) is 0 Å². The Hall–Kier alpha value is -0.420. The van der Waals surface area contributed by atoms with E-state index in [0.717, 1.165) is 0 Å². The second kappa shape index (κ2) is 3.75. The Kier molecular flexibility index (Phi) is 2.64. The summed E-state index contributed by atoms with van der Waals surface area (Å²) in [5.41, 5.74) is 13.2. The highest BCUT2D eigenvalue weighted by Gasteiger charge is 2.31. The Morgan fingerprint density at radius 3 is 2.38 bits per heavy atom. The summed E-state index contributed by atoms with van der Waals surface area (Å²) < 4.78 is 0. The van der Waals surface area contributed by atoms with Gasteiger partial charge >= 0.3 is 0 Å². The molecule has 1 aromatic carbocycles. The lowest BCUT2D eigenvalue weighted by molar-refractivity contribution is 0.552. The largest absolute Gasteiger partial charge is 0.314 e. The van der Waals surface area contributed by atoms with Gasteiger partial charge in [0.2, 0.25) is 0 Å². The molecule has 70 valence electrons. The molecular formula is C9H12BrN3. The van der Waals surface area contributed by atoms with E-state index in [-0.39, 0.29) is 17.0 Å². The highest BCUT2D eigenvalue weighted by molar-refractivity contribution is 9.09. The van der Waals surface area contributed by atoms with Crippen molar-refractivity contribution in [1.82, 2.24) is 10.9 Å². The molecule has 0 aromatic heterocycles. The first-order chi connectivity index (χ1) is 6.29. The normalized spacial score (nSPS) is 33.5. The SMILES string of the molecule is NC1NNC(c2ccccc2)C1Br. The maximum absolute atomic E-state index is 5.79. The van der Waals surface area contributed by atoms with Crippen LogP contribution in [0.15, 0.2) is 30.3 Å². The average molecular weight is 242 g/mol. The van der Waals surface area contributed by atoms with Crippen molar-refractivity contribution in [2.45, 2.75) is 17.0 Å². The molecule has 3 atom stereocenters. The van der Waals surface area contributed by atoms with Crippen molar-refractivity contribution in [3.8, 4) is 0 Å². The molecule has 0 saturated carbocycles. The van der Waals surface area contributed by atoms with Crippen LogP contribution in [-0.4, -0.2) is 11.0 Å². The van der Waals surface area contributed by atoms with E-state index in [2.05, 4.69) is 38.9 Å². The summed E-state index contributed by atoms with van der Waals surface area (Å²) in [5, 5.41) is 0. The summed E-state index contributed by atoms with van der Waals surface area (Å²) in [6.45, 7) is 0. The van der Waals surface area contributed by atoms with Gasteiger partial charge < -0.3 is 5.73 Å². The van der Waals surface area contributed by atoms with Crippen LogP contribution < -0.4 is 16.6 Å². The van der Waals surface area contributed by atoms with Gasteiger partial charge in [0.25, 0.3) is 0 Å². The highest BCUT2D eigenvalue weighted by atomic mass is 79.9. The van der Waals surface area contributed by atoms with Gasteiger partial charge in [-0.3, -0.25) is 0 Å². The first-order valence-corrected chi connectivity index (χ1v) is 5.16. The number of benzene rings is 1. The lowest BCUT2D eigenvalue weighted by Crippen LogP contribution is -2.39. The molecule has 1 heterocycles. The molecule has 1 aromatic rings. The molecule has 1 aliphatic heterocycles. The van der Waals surface area contributed by atoms with Crippen molar-refractivity contribution in [2.75, 3.05) is 0 Å². The van der Waals surface area contributed by atoms with Crippen LogP contribution >= 0.6 is 15.9 Å². The maximum Gasteiger partial charge on any atom is 0.0825 e. The summed E-state index contributed by atoms with van der Waals surface area (Å²) in [6, 6.07) is 10.5. The summed E-state index contributed by atoms with van der Waals surface area (Å²) in [5.74, 6) is 0. The summed E-state index contributed by atoms with van der Waals surface area (Å²) in [7, 11) is 0. The van der Waals surface area contributed by atoms with Crippen LogP contribution in [0.1, 0.15) is 11.6 Å². The zero-order chi connectivity index (χ0) is 9.26. The predicted molar refractivity (Wildman–Crippen MR) is 56.1 cm³/mol. The Labute approximate surface area is 85.8 Å². The van der Waals surface area contributed by atoms with E-state index in [4.69, 9.17) is 5.73 Å². The van der Waals surface area contributed by atoms with Crippen molar-refractivity contribution in [3.63, 3.8) is 0 Å². The molecule has 3 unspecified atom stereocenters. The molecule has 0 radical (unpaired) electrons. The number of hydrazine groups is 1. The quantitative estimate of drug-likeness (QED) is 0.641. The molecule has 2 rings (SSSR count). The minimum absolute atomic E-state index is 0.0368. The Morgan fingerprint density at radius 1 is 1.15 bits per heavy atom. The van der Waals surface area contributed by atoms with E-state index in [1.54, 1.807) is 0 Å². The van der Waals surface area contributed by atoms with Crippen LogP contribution in [0.4, 0.5) is 0 Å². The molecule has 1 saturated heterocycles. The second-order valence-corrected chi connectivity index (χ2v) is 4.20. The van der Waals surface area contributed by atoms with Gasteiger partial charge in [0.15, 0.2) is 0 Å². The fraction of sp³-hybridized carbons (Fsp3) is 0.333. The van der Waals surface area contributed by atoms with Crippen LogP contribution in [0.3, 0.4) is 0 Å². The van der Waals surface area contributed by atoms with Gasteiger partial charge in [0.05, 0.1) is 17.0 Å². The topological polar surface area (TPSA) is 50.1 Å². The van der Waals surface area contributed by atoms with Crippen LogP contribution in [0.2, 0.25) is 0 Å². The third-order valence-corrected chi connectivity index (χ3v) is 3.32. The third kappa shape index (κ3) is 1.76. The van der Waals surface area contributed by atoms with Gasteiger partial charge in [0, 0.05) is 0 Å². The molecule has 13 heavy (non-hydrogen) atoms. The van der Waals surface area contributed by atoms with Crippen LogP contribution in [0.5, 0.6) is 0 Å². The van der Waals surface area contributed by atoms with Gasteiger partial charge in [-0.1, -0.05) is 46.3 Å². The lowest BCUT2D eigenvalue weighted by Gasteiger charge is -2.14. The number of nitrogens with two attached hydrogens (primary N) is 1. The fourth-order valence-corrected chi connectivity index (χ4v) is 2.05. The molecule has 0 spiro atoms. The molecular weight excluding hydrogens is 230 g/mol. The molecule has 0 amide bonds.